The maximum atomic E-state index is 12.6. The number of halogens is 3. The second kappa shape index (κ2) is 4.80. The Morgan fingerprint density at radius 3 is 2.41 bits per heavy atom. The summed E-state index contributed by atoms with van der Waals surface area (Å²) in [5.41, 5.74) is 0. The summed E-state index contributed by atoms with van der Waals surface area (Å²) in [5, 5.41) is 10.5. The predicted octanol–water partition coefficient (Wildman–Crippen LogP) is 0.00310. The topological polar surface area (TPSA) is 69.7 Å². The summed E-state index contributed by atoms with van der Waals surface area (Å²) in [6.45, 7) is 0.0951. The van der Waals surface area contributed by atoms with Crippen molar-refractivity contribution < 1.29 is 32.6 Å². The van der Waals surface area contributed by atoms with E-state index in [0.29, 0.717) is 4.90 Å². The molecule has 1 aliphatic rings. The number of carboxylic acid groups (broad SMARTS) is 1. The highest BCUT2D eigenvalue weighted by molar-refractivity contribution is 5.75. The van der Waals surface area contributed by atoms with Crippen molar-refractivity contribution in [2.24, 2.45) is 11.8 Å². The summed E-state index contributed by atoms with van der Waals surface area (Å²) in [6.07, 6.45) is -6.35. The molecule has 0 spiro atoms. The Hall–Kier alpha value is -1.47. The van der Waals surface area contributed by atoms with Gasteiger partial charge in [-0.25, -0.2) is 0 Å². The molecule has 1 heterocycles. The van der Waals surface area contributed by atoms with Crippen molar-refractivity contribution in [2.45, 2.75) is 13.1 Å². The third-order valence-electron chi connectivity index (χ3n) is 2.59. The van der Waals surface area contributed by atoms with Gasteiger partial charge in [-0.3, -0.25) is 4.79 Å². The minimum Gasteiger partial charge on any atom is -0.530 e. The quantitative estimate of drug-likeness (QED) is 0.650. The molecule has 2 atom stereocenters. The van der Waals surface area contributed by atoms with E-state index in [-0.39, 0.29) is 6.61 Å². The summed E-state index contributed by atoms with van der Waals surface area (Å²) in [6, 6.07) is 0. The third kappa shape index (κ3) is 3.01. The fraction of sp³-hybridized carbons (Fsp3) is 0.778. The van der Waals surface area contributed by atoms with Crippen molar-refractivity contribution in [2.75, 3.05) is 19.7 Å². The van der Waals surface area contributed by atoms with Crippen LogP contribution >= 0.6 is 0 Å². The van der Waals surface area contributed by atoms with Gasteiger partial charge < -0.3 is 19.5 Å². The Labute approximate surface area is 95.1 Å². The van der Waals surface area contributed by atoms with E-state index in [1.54, 1.807) is 0 Å². The molecule has 0 radical (unpaired) electrons. The highest BCUT2D eigenvalue weighted by atomic mass is 19.4. The molecular formula is C9H11F3NO4-. The monoisotopic (exact) mass is 254 g/mol. The predicted molar refractivity (Wildman–Crippen MR) is 46.6 cm³/mol. The van der Waals surface area contributed by atoms with Crippen molar-refractivity contribution in [1.29, 1.82) is 0 Å². The molecule has 5 nitrogen and oxygen atoms in total. The molecule has 8 heteroatoms. The first-order chi connectivity index (χ1) is 7.77. The average Bonchev–Trinajstić information content (AvgIpc) is 2.61. The first-order valence-corrected chi connectivity index (χ1v) is 4.96. The lowest BCUT2D eigenvalue weighted by Crippen LogP contribution is -2.40. The molecule has 0 aromatic heterocycles. The first-order valence-electron chi connectivity index (χ1n) is 4.96. The van der Waals surface area contributed by atoms with Crippen LogP contribution in [0.5, 0.6) is 0 Å². The van der Waals surface area contributed by atoms with E-state index in [1.165, 1.54) is 6.92 Å². The molecule has 0 aromatic rings. The van der Waals surface area contributed by atoms with Gasteiger partial charge in [0.2, 0.25) is 0 Å². The third-order valence-corrected chi connectivity index (χ3v) is 2.59. The Kier molecular flexibility index (Phi) is 3.84. The Morgan fingerprint density at radius 2 is 2.00 bits per heavy atom. The van der Waals surface area contributed by atoms with Crippen LogP contribution in [0, 0.1) is 11.8 Å². The number of nitrogens with zero attached hydrogens (tertiary/aromatic N) is 1. The van der Waals surface area contributed by atoms with Gasteiger partial charge in [-0.15, -0.1) is 0 Å². The first kappa shape index (κ1) is 13.6. The minimum atomic E-state index is -4.64. The highest BCUT2D eigenvalue weighted by Gasteiger charge is 2.53. The normalized spacial score (nSPS) is 24.8. The smallest absolute Gasteiger partial charge is 0.394 e. The maximum absolute atomic E-state index is 12.6. The second-order valence-corrected chi connectivity index (χ2v) is 3.68. The Balaban J connectivity index is 2.85. The van der Waals surface area contributed by atoms with Crippen molar-refractivity contribution in [3.05, 3.63) is 0 Å². The van der Waals surface area contributed by atoms with Crippen LogP contribution < -0.4 is 5.11 Å². The summed E-state index contributed by atoms with van der Waals surface area (Å²) < 4.78 is 42.3. The number of rotatable bonds is 2. The van der Waals surface area contributed by atoms with E-state index in [9.17, 15) is 27.9 Å². The van der Waals surface area contributed by atoms with Gasteiger partial charge in [-0.1, -0.05) is 0 Å². The number of alkyl halides is 3. The van der Waals surface area contributed by atoms with Gasteiger partial charge in [-0.2, -0.15) is 13.2 Å². The van der Waals surface area contributed by atoms with E-state index in [2.05, 4.69) is 4.74 Å². The number of likely N-dealkylation sites (tertiary alicyclic amines) is 1. The maximum Gasteiger partial charge on any atom is 0.394 e. The standard InChI is InChI=1S/C9H12F3NO4/c1-2-17-7(14)5-3-13(8(15)16)4-6(5)9(10,11)12/h5-6H,2-4H2,1H3,(H,15,16)/p-1. The summed E-state index contributed by atoms with van der Waals surface area (Å²) in [4.78, 5) is 22.3. The molecule has 1 fully saturated rings. The lowest BCUT2D eigenvalue weighted by molar-refractivity contribution is -0.265. The van der Waals surface area contributed by atoms with Gasteiger partial charge >= 0.3 is 12.1 Å². The number of carbonyl (C=O) groups is 2. The number of hydrogen-bond donors (Lipinski definition) is 0. The van der Waals surface area contributed by atoms with Gasteiger partial charge in [0.25, 0.3) is 0 Å². The van der Waals surface area contributed by atoms with Gasteiger partial charge in [0, 0.05) is 13.1 Å². The lowest BCUT2D eigenvalue weighted by Gasteiger charge is -2.19. The number of ether oxygens (including phenoxy) is 1. The molecule has 2 unspecified atom stereocenters. The van der Waals surface area contributed by atoms with Crippen LogP contribution in [0.15, 0.2) is 0 Å². The summed E-state index contributed by atoms with van der Waals surface area (Å²) in [5.74, 6) is -4.56. The number of hydrogen-bond acceptors (Lipinski definition) is 4. The van der Waals surface area contributed by atoms with Gasteiger partial charge in [0.05, 0.1) is 18.4 Å². The van der Waals surface area contributed by atoms with Crippen molar-refractivity contribution in [3.63, 3.8) is 0 Å². The van der Waals surface area contributed by atoms with E-state index < -0.39 is 43.2 Å². The zero-order chi connectivity index (χ0) is 13.2. The van der Waals surface area contributed by atoms with Crippen LogP contribution in [-0.2, 0) is 9.53 Å². The molecule has 0 saturated carbocycles. The number of esters is 1. The van der Waals surface area contributed by atoms with Gasteiger partial charge in [0.1, 0.15) is 6.09 Å². The van der Waals surface area contributed by atoms with Crippen LogP contribution in [0.1, 0.15) is 6.92 Å². The van der Waals surface area contributed by atoms with Crippen LogP contribution in [0.4, 0.5) is 18.0 Å². The van der Waals surface area contributed by atoms with Crippen LogP contribution in [0.2, 0.25) is 0 Å². The fourth-order valence-electron chi connectivity index (χ4n) is 1.77. The molecular weight excluding hydrogens is 243 g/mol. The largest absolute Gasteiger partial charge is 0.530 e. The molecule has 0 bridgehead atoms. The molecule has 1 aliphatic heterocycles. The highest BCUT2D eigenvalue weighted by Crippen LogP contribution is 2.37. The molecule has 0 aliphatic carbocycles. The van der Waals surface area contributed by atoms with Gasteiger partial charge in [0.15, 0.2) is 0 Å². The average molecular weight is 254 g/mol. The van der Waals surface area contributed by atoms with E-state index in [0.717, 1.165) is 0 Å². The zero-order valence-electron chi connectivity index (χ0n) is 8.99. The minimum absolute atomic E-state index is 0.0504. The molecule has 17 heavy (non-hydrogen) atoms. The van der Waals surface area contributed by atoms with E-state index in [1.807, 2.05) is 0 Å². The second-order valence-electron chi connectivity index (χ2n) is 3.68. The lowest BCUT2D eigenvalue weighted by atomic mass is 9.96. The van der Waals surface area contributed by atoms with Crippen molar-refractivity contribution in [3.8, 4) is 0 Å². The number of carbonyl (C=O) groups excluding carboxylic acids is 2. The summed E-state index contributed by atoms with van der Waals surface area (Å²) in [7, 11) is 0. The van der Waals surface area contributed by atoms with Gasteiger partial charge in [-0.05, 0) is 6.92 Å². The van der Waals surface area contributed by atoms with Crippen LogP contribution in [0.3, 0.4) is 0 Å². The molecule has 1 saturated heterocycles. The molecule has 0 aromatic carbocycles. The van der Waals surface area contributed by atoms with Crippen LogP contribution in [-0.4, -0.2) is 42.8 Å². The van der Waals surface area contributed by atoms with Crippen molar-refractivity contribution in [1.82, 2.24) is 4.90 Å². The molecule has 1 rings (SSSR count). The molecule has 98 valence electrons. The Morgan fingerprint density at radius 1 is 1.41 bits per heavy atom. The summed E-state index contributed by atoms with van der Waals surface area (Å²) >= 11 is 0. The SMILES string of the molecule is CCOC(=O)C1CN(C(=O)[O-])CC1C(F)(F)F. The molecule has 1 amide bonds. The van der Waals surface area contributed by atoms with Crippen LogP contribution in [0.25, 0.3) is 0 Å². The zero-order valence-corrected chi connectivity index (χ0v) is 8.99. The fourth-order valence-corrected chi connectivity index (χ4v) is 1.77. The van der Waals surface area contributed by atoms with Crippen molar-refractivity contribution >= 4 is 12.1 Å². The van der Waals surface area contributed by atoms with E-state index >= 15 is 0 Å². The number of amides is 1. The van der Waals surface area contributed by atoms with E-state index in [4.69, 9.17) is 0 Å². The molecule has 0 N–H and O–H groups in total. The Bertz CT molecular complexity index is 318.